The second-order valence-electron chi connectivity index (χ2n) is 11.4. The maximum absolute atomic E-state index is 13.7. The zero-order valence-corrected chi connectivity index (χ0v) is 28.6. The third-order valence-corrected chi connectivity index (χ3v) is 10.3. The highest BCUT2D eigenvalue weighted by atomic mass is 79.9. The van der Waals surface area contributed by atoms with E-state index in [9.17, 15) is 20.1 Å². The molecule has 0 radical (unpaired) electrons. The molecule has 0 amide bonds. The van der Waals surface area contributed by atoms with Gasteiger partial charge in [0.1, 0.15) is 5.75 Å². The van der Waals surface area contributed by atoms with Crippen LogP contribution in [0.25, 0.3) is 10.9 Å². The van der Waals surface area contributed by atoms with Crippen LogP contribution in [0.5, 0.6) is 5.75 Å². The van der Waals surface area contributed by atoms with Gasteiger partial charge in [0.25, 0.3) is 0 Å². The molecule has 0 aliphatic carbocycles. The van der Waals surface area contributed by atoms with E-state index in [1.54, 1.807) is 11.8 Å². The van der Waals surface area contributed by atoms with E-state index in [2.05, 4.69) is 57.6 Å². The number of fused-ring (bicyclic) bond motifs is 1. The molecule has 2 saturated heterocycles. The minimum absolute atomic E-state index is 0.115. The number of esters is 1. The molecule has 0 spiro atoms. The van der Waals surface area contributed by atoms with Gasteiger partial charge in [-0.05, 0) is 41.1 Å². The average molecular weight is 706 g/mol. The molecule has 246 valence electrons. The van der Waals surface area contributed by atoms with Crippen LogP contribution in [0, 0.1) is 0 Å². The SMILES string of the molecule is CCOC(=O)c1c(CSc2ccccc2)n(C)c2cc(Br)c(O)c(CN(N3CCN(CCO)CC3)N3CCN(CCO)CC3)c12. The van der Waals surface area contributed by atoms with Crippen molar-refractivity contribution in [2.75, 3.05) is 85.3 Å². The van der Waals surface area contributed by atoms with E-state index in [0.717, 1.165) is 68.5 Å². The van der Waals surface area contributed by atoms with Gasteiger partial charge in [-0.25, -0.2) is 14.8 Å². The maximum atomic E-state index is 13.7. The molecule has 45 heavy (non-hydrogen) atoms. The van der Waals surface area contributed by atoms with Gasteiger partial charge in [-0.3, -0.25) is 9.80 Å². The molecule has 2 aromatic carbocycles. The molecule has 2 aliphatic heterocycles. The average Bonchev–Trinajstić information content (AvgIpc) is 3.33. The first kappa shape index (κ1) is 34.1. The lowest BCUT2D eigenvalue weighted by atomic mass is 10.0. The van der Waals surface area contributed by atoms with Gasteiger partial charge in [-0.15, -0.1) is 11.8 Å². The molecule has 3 N–H and O–H groups in total. The number of aryl methyl sites for hydroxylation is 1. The number of thioether (sulfide) groups is 1. The normalized spacial score (nSPS) is 17.5. The van der Waals surface area contributed by atoms with Crippen molar-refractivity contribution < 1.29 is 24.9 Å². The highest BCUT2D eigenvalue weighted by Crippen LogP contribution is 2.41. The monoisotopic (exact) mass is 704 g/mol. The molecular weight excluding hydrogens is 660 g/mol. The maximum Gasteiger partial charge on any atom is 0.340 e. The number of carbonyl (C=O) groups excluding carboxylic acids is 1. The summed E-state index contributed by atoms with van der Waals surface area (Å²) >= 11 is 5.28. The summed E-state index contributed by atoms with van der Waals surface area (Å²) < 4.78 is 8.26. The van der Waals surface area contributed by atoms with Gasteiger partial charge in [-0.2, -0.15) is 5.12 Å². The molecule has 1 aromatic heterocycles. The molecule has 3 aromatic rings. The molecule has 13 heteroatoms. The zero-order valence-electron chi connectivity index (χ0n) is 26.2. The summed E-state index contributed by atoms with van der Waals surface area (Å²) in [6.45, 7) is 10.4. The second-order valence-corrected chi connectivity index (χ2v) is 13.3. The van der Waals surface area contributed by atoms with Gasteiger partial charge < -0.3 is 24.6 Å². The number of ether oxygens (including phenoxy) is 1. The van der Waals surface area contributed by atoms with E-state index in [0.29, 0.717) is 46.4 Å². The Morgan fingerprint density at radius 2 is 1.53 bits per heavy atom. The summed E-state index contributed by atoms with van der Waals surface area (Å²) in [5.74, 6) is 0.282. The number of phenols is 1. The number of aliphatic hydroxyl groups excluding tert-OH is 2. The van der Waals surface area contributed by atoms with Crippen molar-refractivity contribution in [1.29, 1.82) is 0 Å². The number of phenolic OH excluding ortho intramolecular Hbond substituents is 1. The predicted octanol–water partition coefficient (Wildman–Crippen LogP) is 2.97. The lowest BCUT2D eigenvalue weighted by Crippen LogP contribution is -2.62. The molecule has 0 unspecified atom stereocenters. The van der Waals surface area contributed by atoms with Crippen molar-refractivity contribution in [3.05, 3.63) is 57.7 Å². The number of hydrogen-bond acceptors (Lipinski definition) is 11. The van der Waals surface area contributed by atoms with Crippen molar-refractivity contribution in [2.24, 2.45) is 7.05 Å². The van der Waals surface area contributed by atoms with Crippen LogP contribution in [0.2, 0.25) is 0 Å². The summed E-state index contributed by atoms with van der Waals surface area (Å²) in [4.78, 5) is 19.3. The van der Waals surface area contributed by atoms with Gasteiger partial charge in [0.15, 0.2) is 0 Å². The van der Waals surface area contributed by atoms with E-state index >= 15 is 0 Å². The fraction of sp³-hybridized carbons (Fsp3) is 0.531. The van der Waals surface area contributed by atoms with Crippen LogP contribution >= 0.6 is 27.7 Å². The van der Waals surface area contributed by atoms with Crippen molar-refractivity contribution in [1.82, 2.24) is 29.5 Å². The molecule has 11 nitrogen and oxygen atoms in total. The number of aromatic hydroxyl groups is 1. The van der Waals surface area contributed by atoms with E-state index in [4.69, 9.17) is 4.74 Å². The number of hydrazine groups is 2. The molecule has 5 rings (SSSR count). The van der Waals surface area contributed by atoms with Crippen LogP contribution < -0.4 is 0 Å². The van der Waals surface area contributed by atoms with Gasteiger partial charge >= 0.3 is 5.97 Å². The van der Waals surface area contributed by atoms with E-state index < -0.39 is 5.97 Å². The molecule has 2 aliphatic rings. The van der Waals surface area contributed by atoms with E-state index in [1.165, 1.54) is 0 Å². The van der Waals surface area contributed by atoms with Crippen LogP contribution in [0.1, 0.15) is 28.5 Å². The second kappa shape index (κ2) is 16.1. The van der Waals surface area contributed by atoms with E-state index in [-0.39, 0.29) is 25.6 Å². The molecule has 3 heterocycles. The molecule has 2 fully saturated rings. The predicted molar refractivity (Wildman–Crippen MR) is 180 cm³/mol. The van der Waals surface area contributed by atoms with Gasteiger partial charge in [0.2, 0.25) is 0 Å². The van der Waals surface area contributed by atoms with Crippen molar-refractivity contribution in [3.8, 4) is 5.75 Å². The number of benzene rings is 2. The number of rotatable bonds is 13. The summed E-state index contributed by atoms with van der Waals surface area (Å²) in [5.41, 5.74) is 2.86. The number of aliphatic hydroxyl groups is 2. The number of hydrogen-bond donors (Lipinski definition) is 3. The fourth-order valence-electron chi connectivity index (χ4n) is 6.28. The van der Waals surface area contributed by atoms with Crippen molar-refractivity contribution in [3.63, 3.8) is 0 Å². The third kappa shape index (κ3) is 7.86. The number of halogens is 1. The zero-order chi connectivity index (χ0) is 31.9. The number of piperazine rings is 2. The molecular formula is C32H45BrN6O5S. The van der Waals surface area contributed by atoms with Gasteiger partial charge in [0, 0.05) is 99.8 Å². The topological polar surface area (TPSA) is 108 Å². The first-order valence-corrected chi connectivity index (χ1v) is 17.4. The largest absolute Gasteiger partial charge is 0.506 e. The third-order valence-electron chi connectivity index (χ3n) is 8.72. The Morgan fingerprint density at radius 3 is 2.07 bits per heavy atom. The minimum atomic E-state index is -0.392. The summed E-state index contributed by atoms with van der Waals surface area (Å²) in [5, 5.41) is 38.2. The van der Waals surface area contributed by atoms with Gasteiger partial charge in [-0.1, -0.05) is 18.2 Å². The summed E-state index contributed by atoms with van der Waals surface area (Å²) in [6, 6.07) is 12.0. The summed E-state index contributed by atoms with van der Waals surface area (Å²) in [6.07, 6.45) is 0. The number of carbonyl (C=O) groups is 1. The lowest BCUT2D eigenvalue weighted by molar-refractivity contribution is -0.214. The highest BCUT2D eigenvalue weighted by Gasteiger charge is 2.33. The minimum Gasteiger partial charge on any atom is -0.506 e. The van der Waals surface area contributed by atoms with E-state index in [1.807, 2.05) is 38.2 Å². The first-order valence-electron chi connectivity index (χ1n) is 15.7. The van der Waals surface area contributed by atoms with Gasteiger partial charge in [0.05, 0.1) is 41.9 Å². The number of β-amino-alcohol motifs (C(OH)–C–C–N with tert-alkyl or cyclic N) is 2. The Morgan fingerprint density at radius 1 is 0.956 bits per heavy atom. The lowest BCUT2D eigenvalue weighted by Gasteiger charge is -2.48. The Balaban J connectivity index is 1.56. The van der Waals surface area contributed by atoms with Crippen LogP contribution in [0.4, 0.5) is 0 Å². The molecule has 0 atom stereocenters. The number of aromatic nitrogens is 1. The van der Waals surface area contributed by atoms with Crippen LogP contribution in [-0.2, 0) is 24.1 Å². The molecule has 0 bridgehead atoms. The van der Waals surface area contributed by atoms with Crippen LogP contribution in [0.15, 0.2) is 45.8 Å². The van der Waals surface area contributed by atoms with Crippen LogP contribution in [-0.4, -0.2) is 136 Å². The smallest absolute Gasteiger partial charge is 0.340 e. The fourth-order valence-corrected chi connectivity index (χ4v) is 7.73. The highest BCUT2D eigenvalue weighted by molar-refractivity contribution is 9.10. The Hall–Kier alpha value is -2.20. The van der Waals surface area contributed by atoms with Crippen LogP contribution in [0.3, 0.4) is 0 Å². The Bertz CT molecular complexity index is 1400. The number of nitrogens with zero attached hydrogens (tertiary/aromatic N) is 6. The summed E-state index contributed by atoms with van der Waals surface area (Å²) in [7, 11) is 1.97. The Kier molecular flexibility index (Phi) is 12.2. The first-order chi connectivity index (χ1) is 21.9. The quantitative estimate of drug-likeness (QED) is 0.181. The van der Waals surface area contributed by atoms with Crippen molar-refractivity contribution >= 4 is 44.6 Å². The van der Waals surface area contributed by atoms with Crippen molar-refractivity contribution in [2.45, 2.75) is 24.1 Å². The standard InChI is InChI=1S/C32H45BrN6O5S/c1-3-44-32(43)30-28(23-45-24-7-5-4-6-8-24)34(2)27-21-26(33)31(42)25(29(27)30)22-39(37-13-9-35(10-14-37)17-19-40)38-15-11-36(12-16-38)18-20-41/h4-8,21,40-42H,3,9-20,22-23H2,1-2H3. The Labute approximate surface area is 278 Å². The molecule has 0 saturated carbocycles.